The quantitative estimate of drug-likeness (QED) is 0.497. The number of aryl methyl sites for hydroxylation is 1. The summed E-state index contributed by atoms with van der Waals surface area (Å²) in [5.41, 5.74) is 6.37. The maximum Gasteiger partial charge on any atom is 0.433 e. The summed E-state index contributed by atoms with van der Waals surface area (Å²) in [4.78, 5) is 12.4. The summed E-state index contributed by atoms with van der Waals surface area (Å²) in [5.74, 6) is 1.41. The van der Waals surface area contributed by atoms with E-state index in [0.717, 1.165) is 18.2 Å². The lowest BCUT2D eigenvalue weighted by molar-refractivity contribution is -0.141. The average molecular weight is 462 g/mol. The van der Waals surface area contributed by atoms with Crippen molar-refractivity contribution in [1.82, 2.24) is 15.0 Å². The molecule has 0 aliphatic carbocycles. The summed E-state index contributed by atoms with van der Waals surface area (Å²) in [6, 6.07) is 5.55. The van der Waals surface area contributed by atoms with Crippen molar-refractivity contribution in [2.75, 3.05) is 36.6 Å². The molecule has 1 aliphatic rings. The fourth-order valence-corrected chi connectivity index (χ4v) is 3.72. The van der Waals surface area contributed by atoms with E-state index in [1.54, 1.807) is 20.9 Å². The van der Waals surface area contributed by atoms with Crippen LogP contribution in [0.5, 0.6) is 5.75 Å². The molecule has 1 aromatic carbocycles. The molecule has 1 saturated heterocycles. The van der Waals surface area contributed by atoms with Gasteiger partial charge in [-0.25, -0.2) is 15.0 Å². The zero-order valence-corrected chi connectivity index (χ0v) is 18.5. The van der Waals surface area contributed by atoms with Crippen LogP contribution in [0.4, 0.5) is 30.5 Å². The van der Waals surface area contributed by atoms with Crippen LogP contribution in [0.2, 0.25) is 0 Å². The van der Waals surface area contributed by atoms with Gasteiger partial charge < -0.3 is 25.8 Å². The normalized spacial score (nSPS) is 17.2. The highest BCUT2D eigenvalue weighted by Crippen LogP contribution is 2.36. The summed E-state index contributed by atoms with van der Waals surface area (Å²) in [6.45, 7) is 4.64. The van der Waals surface area contributed by atoms with Crippen LogP contribution in [0, 0.1) is 6.92 Å². The number of aromatic nitrogens is 3. The Morgan fingerprint density at radius 2 is 1.97 bits per heavy atom. The summed E-state index contributed by atoms with van der Waals surface area (Å²) < 4.78 is 51.1. The van der Waals surface area contributed by atoms with Gasteiger partial charge in [0.1, 0.15) is 35.0 Å². The van der Waals surface area contributed by atoms with Crippen LogP contribution < -0.4 is 21.1 Å². The van der Waals surface area contributed by atoms with Gasteiger partial charge in [-0.3, -0.25) is 0 Å². The second-order valence-corrected chi connectivity index (χ2v) is 7.91. The Balaban J connectivity index is 1.71. The van der Waals surface area contributed by atoms with Crippen molar-refractivity contribution < 1.29 is 22.6 Å². The van der Waals surface area contributed by atoms with E-state index in [1.807, 2.05) is 12.1 Å². The van der Waals surface area contributed by atoms with Crippen molar-refractivity contribution in [2.45, 2.75) is 38.6 Å². The highest BCUT2D eigenvalue weighted by atomic mass is 19.4. The molecule has 2 aromatic heterocycles. The molecule has 3 aromatic rings. The molecule has 11 heteroatoms. The molecule has 0 radical (unpaired) electrons. The zero-order valence-electron chi connectivity index (χ0n) is 18.5. The molecule has 176 valence electrons. The van der Waals surface area contributed by atoms with Crippen LogP contribution in [0.15, 0.2) is 24.3 Å². The van der Waals surface area contributed by atoms with Gasteiger partial charge in [0.05, 0.1) is 30.5 Å². The molecule has 33 heavy (non-hydrogen) atoms. The Labute approximate surface area is 188 Å². The van der Waals surface area contributed by atoms with Crippen LogP contribution in [-0.2, 0) is 10.9 Å². The van der Waals surface area contributed by atoms with Crippen molar-refractivity contribution in [3.63, 3.8) is 0 Å². The second-order valence-electron chi connectivity index (χ2n) is 7.91. The van der Waals surface area contributed by atoms with Gasteiger partial charge >= 0.3 is 6.18 Å². The van der Waals surface area contributed by atoms with Crippen molar-refractivity contribution >= 4 is 28.2 Å². The molecular formula is C22H25F3N6O2. The molecule has 4 rings (SSSR count). The van der Waals surface area contributed by atoms with Crippen LogP contribution in [0.3, 0.4) is 0 Å². The largest absolute Gasteiger partial charge is 0.486 e. The van der Waals surface area contributed by atoms with Gasteiger partial charge in [0.2, 0.25) is 0 Å². The standard InChI is InChI=1S/C22H25F3N6O2/c1-11(13-6-19(22(23,24)25)31-20(26)7-13)28-21-15-8-18(33-14-4-5-32-10-14)17(27-3)9-16(15)29-12(2)30-21/h6-9,11,14,27H,4-5,10H2,1-3H3,(H2,26,31)(H,28,29,30)/t11-,14?/m1/s1. The Hall–Kier alpha value is -3.34. The van der Waals surface area contributed by atoms with Crippen LogP contribution in [-0.4, -0.2) is 41.3 Å². The van der Waals surface area contributed by atoms with E-state index in [4.69, 9.17) is 15.2 Å². The van der Waals surface area contributed by atoms with Crippen LogP contribution >= 0.6 is 0 Å². The minimum absolute atomic E-state index is 0.0585. The number of pyridine rings is 1. The number of hydrogen-bond acceptors (Lipinski definition) is 8. The summed E-state index contributed by atoms with van der Waals surface area (Å²) in [5, 5.41) is 7.00. The van der Waals surface area contributed by atoms with Crippen LogP contribution in [0.1, 0.15) is 36.5 Å². The lowest BCUT2D eigenvalue weighted by Crippen LogP contribution is -2.17. The van der Waals surface area contributed by atoms with E-state index >= 15 is 0 Å². The van der Waals surface area contributed by atoms with Crippen molar-refractivity contribution in [3.8, 4) is 5.75 Å². The Morgan fingerprint density at radius 1 is 1.18 bits per heavy atom. The fraction of sp³-hybridized carbons (Fsp3) is 0.409. The number of alkyl halides is 3. The number of benzene rings is 1. The van der Waals surface area contributed by atoms with Crippen molar-refractivity contribution in [3.05, 3.63) is 41.3 Å². The molecule has 4 N–H and O–H groups in total. The first-order valence-corrected chi connectivity index (χ1v) is 10.5. The number of nitrogen functional groups attached to an aromatic ring is 1. The molecule has 2 atom stereocenters. The number of rotatable bonds is 6. The highest BCUT2D eigenvalue weighted by molar-refractivity contribution is 5.93. The number of hydrogen-bond donors (Lipinski definition) is 3. The van der Waals surface area contributed by atoms with Gasteiger partial charge in [0.25, 0.3) is 0 Å². The molecule has 1 fully saturated rings. The number of nitrogens with zero attached hydrogens (tertiary/aromatic N) is 3. The fourth-order valence-electron chi connectivity index (χ4n) is 3.72. The zero-order chi connectivity index (χ0) is 23.8. The van der Waals surface area contributed by atoms with E-state index in [2.05, 4.69) is 25.6 Å². The lowest BCUT2D eigenvalue weighted by Gasteiger charge is -2.20. The molecule has 0 amide bonds. The monoisotopic (exact) mass is 462 g/mol. The topological polar surface area (TPSA) is 107 Å². The van der Waals surface area contributed by atoms with Crippen LogP contribution in [0.25, 0.3) is 10.9 Å². The summed E-state index contributed by atoms with van der Waals surface area (Å²) in [6.07, 6.45) is -3.86. The third-order valence-electron chi connectivity index (χ3n) is 5.37. The Bertz CT molecular complexity index is 1170. The maximum absolute atomic E-state index is 13.2. The molecule has 1 unspecified atom stereocenters. The number of halogens is 3. The van der Waals surface area contributed by atoms with Gasteiger partial charge in [-0.1, -0.05) is 0 Å². The first-order chi connectivity index (χ1) is 15.6. The lowest BCUT2D eigenvalue weighted by atomic mass is 10.1. The number of anilines is 3. The molecular weight excluding hydrogens is 437 g/mol. The van der Waals surface area contributed by atoms with E-state index in [9.17, 15) is 13.2 Å². The molecule has 8 nitrogen and oxygen atoms in total. The van der Waals surface area contributed by atoms with Crippen molar-refractivity contribution in [2.24, 2.45) is 0 Å². The molecule has 1 aliphatic heterocycles. The molecule has 3 heterocycles. The SMILES string of the molecule is CNc1cc2nc(C)nc(N[C@H](C)c3cc(N)nc(C(F)(F)F)c3)c2cc1OC1CCOC1. The predicted molar refractivity (Wildman–Crippen MR) is 119 cm³/mol. The summed E-state index contributed by atoms with van der Waals surface area (Å²) >= 11 is 0. The first-order valence-electron chi connectivity index (χ1n) is 10.5. The third-order valence-corrected chi connectivity index (χ3v) is 5.37. The number of fused-ring (bicyclic) bond motifs is 1. The third kappa shape index (κ3) is 5.03. The van der Waals surface area contributed by atoms with Gasteiger partial charge in [-0.05, 0) is 43.7 Å². The Kier molecular flexibility index (Phi) is 6.15. The molecule has 0 spiro atoms. The van der Waals surface area contributed by atoms with Gasteiger partial charge in [-0.15, -0.1) is 0 Å². The van der Waals surface area contributed by atoms with E-state index < -0.39 is 17.9 Å². The number of nitrogens with one attached hydrogen (secondary N) is 2. The number of nitrogens with two attached hydrogens (primary N) is 1. The van der Waals surface area contributed by atoms with E-state index in [-0.39, 0.29) is 11.9 Å². The van der Waals surface area contributed by atoms with Gasteiger partial charge in [0.15, 0.2) is 0 Å². The minimum atomic E-state index is -4.60. The smallest absolute Gasteiger partial charge is 0.433 e. The van der Waals surface area contributed by atoms with Crippen molar-refractivity contribution in [1.29, 1.82) is 0 Å². The minimum Gasteiger partial charge on any atom is -0.486 e. The Morgan fingerprint density at radius 3 is 2.64 bits per heavy atom. The first kappa shape index (κ1) is 22.8. The number of ether oxygens (including phenoxy) is 2. The van der Waals surface area contributed by atoms with E-state index in [0.29, 0.717) is 47.1 Å². The maximum atomic E-state index is 13.2. The second kappa shape index (κ2) is 8.89. The highest BCUT2D eigenvalue weighted by Gasteiger charge is 2.33. The average Bonchev–Trinajstić information content (AvgIpc) is 3.25. The van der Waals surface area contributed by atoms with E-state index in [1.165, 1.54) is 6.07 Å². The van der Waals surface area contributed by atoms with Gasteiger partial charge in [0, 0.05) is 18.9 Å². The molecule has 0 bridgehead atoms. The van der Waals surface area contributed by atoms with Gasteiger partial charge in [-0.2, -0.15) is 13.2 Å². The predicted octanol–water partition coefficient (Wildman–Crippen LogP) is 4.32. The molecule has 0 saturated carbocycles. The summed E-state index contributed by atoms with van der Waals surface area (Å²) in [7, 11) is 1.79.